The maximum Gasteiger partial charge on any atom is 0.257 e. The highest BCUT2D eigenvalue weighted by atomic mass is 16.2. The van der Waals surface area contributed by atoms with Crippen LogP contribution in [0.2, 0.25) is 0 Å². The lowest BCUT2D eigenvalue weighted by molar-refractivity contribution is -0.110. The molecule has 3 rings (SSSR count). The van der Waals surface area contributed by atoms with E-state index in [4.69, 9.17) is 5.73 Å². The van der Waals surface area contributed by atoms with Crippen LogP contribution in [0.4, 0.5) is 17.1 Å². The summed E-state index contributed by atoms with van der Waals surface area (Å²) in [4.78, 5) is 12.1. The molecule has 1 amide bonds. The van der Waals surface area contributed by atoms with Gasteiger partial charge in [-0.15, -0.1) is 0 Å². The Hall–Kier alpha value is -2.75. The Kier molecular flexibility index (Phi) is 3.14. The number of nitrogen functional groups attached to an aromatic ring is 1. The van der Waals surface area contributed by atoms with Crippen LogP contribution in [0.1, 0.15) is 16.7 Å². The van der Waals surface area contributed by atoms with Gasteiger partial charge in [0, 0.05) is 28.8 Å². The third-order valence-corrected chi connectivity index (χ3v) is 3.70. The molecule has 0 atom stereocenters. The van der Waals surface area contributed by atoms with Crippen molar-refractivity contribution >= 4 is 28.5 Å². The summed E-state index contributed by atoms with van der Waals surface area (Å²) in [5.41, 5.74) is 12.0. The number of anilines is 3. The Morgan fingerprint density at radius 1 is 1.14 bits per heavy atom. The van der Waals surface area contributed by atoms with Gasteiger partial charge in [-0.1, -0.05) is 18.2 Å². The monoisotopic (exact) mass is 279 g/mol. The van der Waals surface area contributed by atoms with E-state index < -0.39 is 0 Å². The number of rotatable bonds is 2. The Bertz CT molecular complexity index is 763. The molecule has 1 heterocycles. The molecule has 0 fully saturated rings. The zero-order chi connectivity index (χ0) is 15.0. The minimum absolute atomic E-state index is 0.0908. The number of benzene rings is 2. The Morgan fingerprint density at radius 3 is 2.71 bits per heavy atom. The fraction of sp³-hybridized carbons (Fsp3) is 0.118. The summed E-state index contributed by atoms with van der Waals surface area (Å²) >= 11 is 0. The first-order valence-electron chi connectivity index (χ1n) is 6.80. The van der Waals surface area contributed by atoms with Crippen molar-refractivity contribution in [3.63, 3.8) is 0 Å². The van der Waals surface area contributed by atoms with Crippen molar-refractivity contribution in [1.82, 2.24) is 0 Å². The van der Waals surface area contributed by atoms with Gasteiger partial charge in [0.25, 0.3) is 5.91 Å². The number of carbonyl (C=O) groups excluding carboxylic acids is 1. The van der Waals surface area contributed by atoms with E-state index in [1.54, 1.807) is 6.20 Å². The molecular weight excluding hydrogens is 262 g/mol. The maximum atomic E-state index is 12.1. The van der Waals surface area contributed by atoms with Crippen LogP contribution in [0.5, 0.6) is 0 Å². The van der Waals surface area contributed by atoms with Gasteiger partial charge in [-0.3, -0.25) is 4.79 Å². The number of hydrogen-bond donors (Lipinski definition) is 3. The van der Waals surface area contributed by atoms with E-state index in [0.29, 0.717) is 5.57 Å². The normalized spacial score (nSPS) is 15.0. The molecule has 4 heteroatoms. The highest BCUT2D eigenvalue weighted by Crippen LogP contribution is 2.34. The van der Waals surface area contributed by atoms with Crippen molar-refractivity contribution in [2.75, 3.05) is 16.4 Å². The Labute approximate surface area is 123 Å². The van der Waals surface area contributed by atoms with Gasteiger partial charge in [-0.05, 0) is 43.2 Å². The maximum absolute atomic E-state index is 12.1. The molecule has 21 heavy (non-hydrogen) atoms. The number of hydrogen-bond acceptors (Lipinski definition) is 3. The first-order valence-corrected chi connectivity index (χ1v) is 6.80. The predicted molar refractivity (Wildman–Crippen MR) is 87.0 cm³/mol. The van der Waals surface area contributed by atoms with Crippen LogP contribution in [0, 0.1) is 13.8 Å². The van der Waals surface area contributed by atoms with Gasteiger partial charge < -0.3 is 16.4 Å². The SMILES string of the molecule is Cc1ccc(NC=C2C(=O)Nc3cccc(C)c32)cc1N. The van der Waals surface area contributed by atoms with Crippen molar-refractivity contribution in [2.45, 2.75) is 13.8 Å². The highest BCUT2D eigenvalue weighted by Gasteiger charge is 2.25. The van der Waals surface area contributed by atoms with Gasteiger partial charge in [0.2, 0.25) is 0 Å². The summed E-state index contributed by atoms with van der Waals surface area (Å²) < 4.78 is 0. The molecule has 2 aromatic rings. The van der Waals surface area contributed by atoms with Gasteiger partial charge >= 0.3 is 0 Å². The zero-order valence-electron chi connectivity index (χ0n) is 12.0. The Morgan fingerprint density at radius 2 is 1.95 bits per heavy atom. The number of nitrogens with one attached hydrogen (secondary N) is 2. The molecule has 0 aromatic heterocycles. The van der Waals surface area contributed by atoms with Crippen LogP contribution in [0.25, 0.3) is 5.57 Å². The second-order valence-corrected chi connectivity index (χ2v) is 5.23. The van der Waals surface area contributed by atoms with Crippen molar-refractivity contribution in [2.24, 2.45) is 0 Å². The predicted octanol–water partition coefficient (Wildman–Crippen LogP) is 3.29. The minimum Gasteiger partial charge on any atom is -0.398 e. The number of amides is 1. The minimum atomic E-state index is -0.0908. The van der Waals surface area contributed by atoms with Gasteiger partial charge in [0.15, 0.2) is 0 Å². The first kappa shape index (κ1) is 13.2. The topological polar surface area (TPSA) is 67.2 Å². The number of carbonyl (C=O) groups is 1. The molecule has 0 bridgehead atoms. The largest absolute Gasteiger partial charge is 0.398 e. The lowest BCUT2D eigenvalue weighted by Crippen LogP contribution is -2.05. The molecule has 0 radical (unpaired) electrons. The van der Waals surface area contributed by atoms with Crippen LogP contribution in [0.3, 0.4) is 0 Å². The second-order valence-electron chi connectivity index (χ2n) is 5.23. The summed E-state index contributed by atoms with van der Waals surface area (Å²) in [6, 6.07) is 11.6. The quantitative estimate of drug-likeness (QED) is 0.583. The molecule has 1 aliphatic heterocycles. The van der Waals surface area contributed by atoms with Crippen molar-refractivity contribution in [3.8, 4) is 0 Å². The molecule has 2 aromatic carbocycles. The van der Waals surface area contributed by atoms with E-state index in [0.717, 1.165) is 33.8 Å². The average Bonchev–Trinajstić information content (AvgIpc) is 2.77. The standard InChI is InChI=1S/C17H17N3O/c1-10-6-7-12(8-14(10)18)19-9-13-16-11(2)4-3-5-15(16)20-17(13)21/h3-9,19H,18H2,1-2H3,(H,20,21). The summed E-state index contributed by atoms with van der Waals surface area (Å²) in [6.07, 6.45) is 1.73. The Balaban J connectivity index is 1.94. The third kappa shape index (κ3) is 2.36. The average molecular weight is 279 g/mol. The van der Waals surface area contributed by atoms with E-state index in [1.165, 1.54) is 0 Å². The van der Waals surface area contributed by atoms with Crippen LogP contribution < -0.4 is 16.4 Å². The second kappa shape index (κ2) is 4.98. The molecular formula is C17H17N3O. The van der Waals surface area contributed by atoms with E-state index >= 15 is 0 Å². The molecule has 0 saturated carbocycles. The molecule has 1 aliphatic rings. The van der Waals surface area contributed by atoms with E-state index in [2.05, 4.69) is 10.6 Å². The van der Waals surface area contributed by atoms with E-state index in [9.17, 15) is 4.79 Å². The number of nitrogens with two attached hydrogens (primary N) is 1. The molecule has 0 unspecified atom stereocenters. The third-order valence-electron chi connectivity index (χ3n) is 3.70. The van der Waals surface area contributed by atoms with Gasteiger partial charge in [0.05, 0.1) is 5.57 Å². The van der Waals surface area contributed by atoms with Crippen molar-refractivity contribution < 1.29 is 4.79 Å². The molecule has 0 aliphatic carbocycles. The molecule has 4 N–H and O–H groups in total. The fourth-order valence-corrected chi connectivity index (χ4v) is 2.46. The van der Waals surface area contributed by atoms with Crippen LogP contribution in [-0.4, -0.2) is 5.91 Å². The lowest BCUT2D eigenvalue weighted by atomic mass is 10.0. The fourth-order valence-electron chi connectivity index (χ4n) is 2.46. The van der Waals surface area contributed by atoms with Crippen molar-refractivity contribution in [1.29, 1.82) is 0 Å². The number of fused-ring (bicyclic) bond motifs is 1. The summed E-state index contributed by atoms with van der Waals surface area (Å²) in [5, 5.41) is 6.02. The highest BCUT2D eigenvalue weighted by molar-refractivity contribution is 6.32. The van der Waals surface area contributed by atoms with Crippen molar-refractivity contribution in [3.05, 3.63) is 59.3 Å². The van der Waals surface area contributed by atoms with Gasteiger partial charge in [0.1, 0.15) is 0 Å². The lowest BCUT2D eigenvalue weighted by Gasteiger charge is -2.06. The van der Waals surface area contributed by atoms with Gasteiger partial charge in [-0.25, -0.2) is 0 Å². The van der Waals surface area contributed by atoms with Crippen LogP contribution >= 0.6 is 0 Å². The summed E-state index contributed by atoms with van der Waals surface area (Å²) in [6.45, 7) is 3.96. The van der Waals surface area contributed by atoms with Gasteiger partial charge in [-0.2, -0.15) is 0 Å². The van der Waals surface area contributed by atoms with Crippen LogP contribution in [-0.2, 0) is 4.79 Å². The number of aryl methyl sites for hydroxylation is 2. The molecule has 4 nitrogen and oxygen atoms in total. The summed E-state index contributed by atoms with van der Waals surface area (Å²) in [7, 11) is 0. The molecule has 0 saturated heterocycles. The van der Waals surface area contributed by atoms with E-state index in [-0.39, 0.29) is 5.91 Å². The molecule has 0 spiro atoms. The molecule has 106 valence electrons. The van der Waals surface area contributed by atoms with E-state index in [1.807, 2.05) is 50.2 Å². The van der Waals surface area contributed by atoms with Crippen LogP contribution in [0.15, 0.2) is 42.6 Å². The smallest absolute Gasteiger partial charge is 0.257 e. The first-order chi connectivity index (χ1) is 10.1. The zero-order valence-corrected chi connectivity index (χ0v) is 12.0. The summed E-state index contributed by atoms with van der Waals surface area (Å²) in [5.74, 6) is -0.0908.